The van der Waals surface area contributed by atoms with Crippen molar-refractivity contribution in [3.05, 3.63) is 62.3 Å². The number of rotatable bonds is 9. The average Bonchev–Trinajstić information content (AvgIpc) is 3.27. The van der Waals surface area contributed by atoms with E-state index in [1.54, 1.807) is 18.2 Å². The Balaban J connectivity index is 1.14. The Kier molecular flexibility index (Phi) is 7.40. The minimum Gasteiger partial charge on any atom is -0.489 e. The number of hydrogen-bond acceptors (Lipinski definition) is 10. The van der Waals surface area contributed by atoms with Gasteiger partial charge in [-0.1, -0.05) is 34.4 Å². The number of carboxylic acid groups (broad SMARTS) is 1. The standard InChI is InChI=1S/C30H28Cl2N2O8S/c1-13(2)41-19-8-15(28(35)36)9-21-24(19)33-29(43-21)30(37)12-40-26-20(11-39-27(26)30)38-10-16-23(34-42-25(16)14-6-7-14)22-17(31)4-3-5-18(22)32/h3-5,8-9,13-14,20,26-27,37H,6-7,10-12H2,1-2H3,(H,35,36)/t20-,26-,27+,30-/m1/s1. The Labute approximate surface area is 260 Å². The van der Waals surface area contributed by atoms with Gasteiger partial charge in [0, 0.05) is 17.0 Å². The largest absolute Gasteiger partial charge is 0.489 e. The van der Waals surface area contributed by atoms with Gasteiger partial charge in [0.1, 0.15) is 46.0 Å². The maximum Gasteiger partial charge on any atom is 0.335 e. The van der Waals surface area contributed by atoms with Crippen LogP contribution in [0.1, 0.15) is 59.3 Å². The molecule has 0 bridgehead atoms. The molecule has 2 aromatic carbocycles. The highest BCUT2D eigenvalue weighted by molar-refractivity contribution is 7.18. The molecular weight excluding hydrogens is 619 g/mol. The normalized spacial score (nSPS) is 25.1. The van der Waals surface area contributed by atoms with Crippen molar-refractivity contribution in [2.75, 3.05) is 13.2 Å². The first-order chi connectivity index (χ1) is 20.6. The molecule has 2 N–H and O–H groups in total. The molecule has 0 radical (unpaired) electrons. The highest BCUT2D eigenvalue weighted by Gasteiger charge is 2.59. The summed E-state index contributed by atoms with van der Waals surface area (Å²) >= 11 is 14.2. The molecule has 1 saturated carbocycles. The van der Waals surface area contributed by atoms with Gasteiger partial charge in [0.25, 0.3) is 0 Å². The predicted molar refractivity (Wildman–Crippen MR) is 158 cm³/mol. The van der Waals surface area contributed by atoms with Gasteiger partial charge in [-0.25, -0.2) is 9.78 Å². The number of benzene rings is 2. The van der Waals surface area contributed by atoms with E-state index in [4.69, 9.17) is 51.7 Å². The summed E-state index contributed by atoms with van der Waals surface area (Å²) in [6, 6.07) is 8.26. The third kappa shape index (κ3) is 5.10. The van der Waals surface area contributed by atoms with Crippen LogP contribution >= 0.6 is 34.5 Å². The first kappa shape index (κ1) is 29.0. The molecule has 0 unspecified atom stereocenters. The van der Waals surface area contributed by atoms with E-state index < -0.39 is 29.9 Å². The molecule has 3 aliphatic rings. The fourth-order valence-electron chi connectivity index (χ4n) is 5.71. The molecule has 3 fully saturated rings. The minimum absolute atomic E-state index is 0.0603. The molecular formula is C30H28Cl2N2O8S. The highest BCUT2D eigenvalue weighted by Crippen LogP contribution is 2.48. The number of ether oxygens (including phenoxy) is 4. The summed E-state index contributed by atoms with van der Waals surface area (Å²) in [7, 11) is 0. The lowest BCUT2D eigenvalue weighted by atomic mass is 9.96. The van der Waals surface area contributed by atoms with Crippen molar-refractivity contribution in [3.63, 3.8) is 0 Å². The average molecular weight is 648 g/mol. The number of hydrogen-bond donors (Lipinski definition) is 2. The van der Waals surface area contributed by atoms with Crippen molar-refractivity contribution >= 4 is 50.7 Å². The monoisotopic (exact) mass is 646 g/mol. The van der Waals surface area contributed by atoms with E-state index in [9.17, 15) is 15.0 Å². The molecule has 4 atom stereocenters. The maximum atomic E-state index is 11.9. The zero-order valence-electron chi connectivity index (χ0n) is 23.2. The van der Waals surface area contributed by atoms with E-state index in [1.165, 1.54) is 23.5 Å². The van der Waals surface area contributed by atoms with Crippen LogP contribution in [0.15, 0.2) is 34.9 Å². The van der Waals surface area contributed by atoms with Crippen LogP contribution in [0.5, 0.6) is 5.75 Å². The second-order valence-corrected chi connectivity index (χ2v) is 13.2. The Morgan fingerprint density at radius 3 is 2.67 bits per heavy atom. The van der Waals surface area contributed by atoms with E-state index in [0.717, 1.165) is 24.2 Å². The molecule has 43 heavy (non-hydrogen) atoms. The summed E-state index contributed by atoms with van der Waals surface area (Å²) in [5.41, 5.74) is 0.923. The van der Waals surface area contributed by atoms with Gasteiger partial charge in [-0.05, 0) is 51.0 Å². The van der Waals surface area contributed by atoms with E-state index in [-0.39, 0.29) is 37.4 Å². The second kappa shape index (κ2) is 11.0. The third-order valence-corrected chi connectivity index (χ3v) is 9.72. The fraction of sp³-hybridized carbons (Fsp3) is 0.433. The van der Waals surface area contributed by atoms with Crippen molar-refractivity contribution in [1.82, 2.24) is 10.1 Å². The van der Waals surface area contributed by atoms with E-state index >= 15 is 0 Å². The molecule has 2 aliphatic heterocycles. The number of aromatic carboxylic acids is 1. The molecule has 1 aliphatic carbocycles. The van der Waals surface area contributed by atoms with Crippen molar-refractivity contribution < 1.29 is 38.5 Å². The lowest BCUT2D eigenvalue weighted by Crippen LogP contribution is -2.41. The lowest BCUT2D eigenvalue weighted by Gasteiger charge is -2.24. The summed E-state index contributed by atoms with van der Waals surface area (Å²) in [4.78, 5) is 16.4. The Morgan fingerprint density at radius 1 is 1.21 bits per heavy atom. The summed E-state index contributed by atoms with van der Waals surface area (Å²) in [6.45, 7) is 4.00. The summed E-state index contributed by atoms with van der Waals surface area (Å²) < 4.78 is 30.8. The molecule has 4 aromatic rings. The van der Waals surface area contributed by atoms with Gasteiger partial charge in [0.05, 0.1) is 46.2 Å². The van der Waals surface area contributed by atoms with Crippen molar-refractivity contribution in [2.45, 2.75) is 69.2 Å². The number of aromatic nitrogens is 2. The zero-order chi connectivity index (χ0) is 30.0. The molecule has 7 rings (SSSR count). The fourth-order valence-corrected chi connectivity index (χ4v) is 7.41. The quantitative estimate of drug-likeness (QED) is 0.217. The van der Waals surface area contributed by atoms with Crippen LogP contribution in [0.3, 0.4) is 0 Å². The predicted octanol–water partition coefficient (Wildman–Crippen LogP) is 6.19. The van der Waals surface area contributed by atoms with Gasteiger partial charge in [-0.2, -0.15) is 0 Å². The first-order valence-electron chi connectivity index (χ1n) is 14.0. The number of aliphatic hydroxyl groups is 1. The number of carbonyl (C=O) groups is 1. The molecule has 0 spiro atoms. The second-order valence-electron chi connectivity index (χ2n) is 11.4. The van der Waals surface area contributed by atoms with Crippen LogP contribution in [0.4, 0.5) is 0 Å². The van der Waals surface area contributed by atoms with Gasteiger partial charge in [-0.3, -0.25) is 0 Å². The van der Waals surface area contributed by atoms with Crippen molar-refractivity contribution in [2.24, 2.45) is 0 Å². The molecule has 226 valence electrons. The smallest absolute Gasteiger partial charge is 0.335 e. The van der Waals surface area contributed by atoms with Crippen LogP contribution < -0.4 is 4.74 Å². The Hall–Kier alpha value is -2.77. The zero-order valence-corrected chi connectivity index (χ0v) is 25.5. The van der Waals surface area contributed by atoms with Crippen LogP contribution in [-0.4, -0.2) is 64.0 Å². The molecule has 0 amide bonds. The summed E-state index contributed by atoms with van der Waals surface area (Å²) in [5.74, 6) is 0.298. The number of fused-ring (bicyclic) bond motifs is 2. The van der Waals surface area contributed by atoms with E-state index in [1.807, 2.05) is 13.8 Å². The maximum absolute atomic E-state index is 11.9. The molecule has 2 saturated heterocycles. The molecule has 13 heteroatoms. The SMILES string of the molecule is CC(C)Oc1cc(C(=O)O)cc2sc([C@@]3(O)CO[C@@H]4[C@H](OCc5c(-c6c(Cl)cccc6Cl)noc5C5CC5)CO[C@@H]43)nc12. The van der Waals surface area contributed by atoms with Crippen LogP contribution in [-0.2, 0) is 26.4 Å². The summed E-state index contributed by atoms with van der Waals surface area (Å²) in [5, 5.41) is 27.1. The van der Waals surface area contributed by atoms with Gasteiger partial charge in [0.15, 0.2) is 5.60 Å². The van der Waals surface area contributed by atoms with Crippen LogP contribution in [0.25, 0.3) is 21.5 Å². The van der Waals surface area contributed by atoms with Gasteiger partial charge >= 0.3 is 5.97 Å². The first-order valence-corrected chi connectivity index (χ1v) is 15.6. The van der Waals surface area contributed by atoms with Crippen LogP contribution in [0, 0.1) is 0 Å². The number of carboxylic acids is 1. The Morgan fingerprint density at radius 2 is 1.98 bits per heavy atom. The number of halogens is 2. The van der Waals surface area contributed by atoms with Gasteiger partial charge in [-0.15, -0.1) is 11.3 Å². The highest BCUT2D eigenvalue weighted by atomic mass is 35.5. The van der Waals surface area contributed by atoms with E-state index in [0.29, 0.717) is 42.3 Å². The molecule has 10 nitrogen and oxygen atoms in total. The van der Waals surface area contributed by atoms with Crippen LogP contribution in [0.2, 0.25) is 10.0 Å². The third-order valence-electron chi connectivity index (χ3n) is 7.92. The molecule has 2 aromatic heterocycles. The van der Waals surface area contributed by atoms with Gasteiger partial charge < -0.3 is 33.7 Å². The van der Waals surface area contributed by atoms with Gasteiger partial charge in [0.2, 0.25) is 0 Å². The molecule has 4 heterocycles. The minimum atomic E-state index is -1.56. The van der Waals surface area contributed by atoms with E-state index in [2.05, 4.69) is 5.16 Å². The Bertz CT molecular complexity index is 1700. The summed E-state index contributed by atoms with van der Waals surface area (Å²) in [6.07, 6.45) is 0.0275. The topological polar surface area (TPSA) is 133 Å². The van der Waals surface area contributed by atoms with Crippen molar-refractivity contribution in [1.29, 1.82) is 0 Å². The van der Waals surface area contributed by atoms with Crippen molar-refractivity contribution in [3.8, 4) is 17.0 Å². The number of thiazole rings is 1. The lowest BCUT2D eigenvalue weighted by molar-refractivity contribution is -0.0807. The number of nitrogens with zero attached hydrogens (tertiary/aromatic N) is 2.